The fourth-order valence-electron chi connectivity index (χ4n) is 1.72. The van der Waals surface area contributed by atoms with E-state index >= 15 is 0 Å². The molecule has 3 nitrogen and oxygen atoms in total. The highest BCUT2D eigenvalue weighted by atomic mass is 16.5. The SMILES string of the molecule is COCCC(C)N(CCCN)C(C)C. The molecule has 0 rings (SSSR count). The van der Waals surface area contributed by atoms with Crippen LogP contribution in [0.2, 0.25) is 0 Å². The van der Waals surface area contributed by atoms with Crippen LogP contribution in [-0.4, -0.2) is 43.8 Å². The van der Waals surface area contributed by atoms with Gasteiger partial charge in [-0.2, -0.15) is 0 Å². The third-order valence-electron chi connectivity index (χ3n) is 2.59. The second kappa shape index (κ2) is 8.21. The third-order valence-corrected chi connectivity index (χ3v) is 2.59. The van der Waals surface area contributed by atoms with Gasteiger partial charge in [-0.25, -0.2) is 0 Å². The normalized spacial score (nSPS) is 13.9. The molecule has 0 aromatic heterocycles. The Morgan fingerprint density at radius 2 is 1.93 bits per heavy atom. The monoisotopic (exact) mass is 202 g/mol. The van der Waals surface area contributed by atoms with Crippen LogP contribution in [0.3, 0.4) is 0 Å². The number of hydrogen-bond donors (Lipinski definition) is 1. The molecule has 1 unspecified atom stereocenters. The molecule has 14 heavy (non-hydrogen) atoms. The molecule has 0 radical (unpaired) electrons. The van der Waals surface area contributed by atoms with Crippen LogP contribution in [0.15, 0.2) is 0 Å². The van der Waals surface area contributed by atoms with Gasteiger partial charge in [0.2, 0.25) is 0 Å². The first kappa shape index (κ1) is 13.9. The summed E-state index contributed by atoms with van der Waals surface area (Å²) in [7, 11) is 1.76. The first-order valence-electron chi connectivity index (χ1n) is 5.58. The zero-order valence-corrected chi connectivity index (χ0v) is 10.1. The van der Waals surface area contributed by atoms with E-state index < -0.39 is 0 Å². The van der Waals surface area contributed by atoms with Crippen molar-refractivity contribution in [2.24, 2.45) is 5.73 Å². The van der Waals surface area contributed by atoms with Crippen LogP contribution in [0.5, 0.6) is 0 Å². The number of nitrogens with zero attached hydrogens (tertiary/aromatic N) is 1. The number of methoxy groups -OCH3 is 1. The van der Waals surface area contributed by atoms with E-state index in [0.717, 1.165) is 32.5 Å². The minimum Gasteiger partial charge on any atom is -0.385 e. The molecule has 0 saturated carbocycles. The fourth-order valence-corrected chi connectivity index (χ4v) is 1.72. The predicted molar refractivity (Wildman–Crippen MR) is 61.5 cm³/mol. The summed E-state index contributed by atoms with van der Waals surface area (Å²) < 4.78 is 5.10. The molecule has 0 aromatic rings. The smallest absolute Gasteiger partial charge is 0.0477 e. The Bertz CT molecular complexity index is 128. The molecule has 86 valence electrons. The molecule has 0 aromatic carbocycles. The van der Waals surface area contributed by atoms with Gasteiger partial charge in [-0.1, -0.05) is 0 Å². The zero-order chi connectivity index (χ0) is 11.0. The van der Waals surface area contributed by atoms with E-state index in [1.54, 1.807) is 7.11 Å². The maximum atomic E-state index is 5.53. The molecule has 0 amide bonds. The van der Waals surface area contributed by atoms with E-state index in [-0.39, 0.29) is 0 Å². The Morgan fingerprint density at radius 3 is 2.36 bits per heavy atom. The third kappa shape index (κ3) is 5.58. The van der Waals surface area contributed by atoms with Crippen LogP contribution < -0.4 is 5.73 Å². The molecule has 0 bridgehead atoms. The number of ether oxygens (including phenoxy) is 1. The lowest BCUT2D eigenvalue weighted by Crippen LogP contribution is -2.40. The highest BCUT2D eigenvalue weighted by Gasteiger charge is 2.15. The van der Waals surface area contributed by atoms with E-state index in [4.69, 9.17) is 10.5 Å². The number of nitrogens with two attached hydrogens (primary N) is 1. The number of rotatable bonds is 8. The summed E-state index contributed by atoms with van der Waals surface area (Å²) >= 11 is 0. The molecule has 3 heteroatoms. The van der Waals surface area contributed by atoms with E-state index in [9.17, 15) is 0 Å². The van der Waals surface area contributed by atoms with Crippen molar-refractivity contribution < 1.29 is 4.74 Å². The molecule has 0 spiro atoms. The standard InChI is InChI=1S/C11H26N2O/c1-10(2)13(8-5-7-12)11(3)6-9-14-4/h10-11H,5-9,12H2,1-4H3. The van der Waals surface area contributed by atoms with Gasteiger partial charge in [0.05, 0.1) is 0 Å². The van der Waals surface area contributed by atoms with Crippen LogP contribution >= 0.6 is 0 Å². The van der Waals surface area contributed by atoms with Gasteiger partial charge in [-0.05, 0) is 46.7 Å². The molecular formula is C11H26N2O. The first-order valence-corrected chi connectivity index (χ1v) is 5.58. The van der Waals surface area contributed by atoms with Gasteiger partial charge < -0.3 is 10.5 Å². The summed E-state index contributed by atoms with van der Waals surface area (Å²) in [6.07, 6.45) is 2.18. The first-order chi connectivity index (χ1) is 6.63. The lowest BCUT2D eigenvalue weighted by Gasteiger charge is -2.32. The van der Waals surface area contributed by atoms with E-state index in [2.05, 4.69) is 25.7 Å². The minimum absolute atomic E-state index is 0.585. The van der Waals surface area contributed by atoms with Crippen LogP contribution in [0.25, 0.3) is 0 Å². The van der Waals surface area contributed by atoms with Crippen molar-refractivity contribution in [3.8, 4) is 0 Å². The van der Waals surface area contributed by atoms with E-state index in [1.165, 1.54) is 0 Å². The van der Waals surface area contributed by atoms with Crippen LogP contribution in [0.4, 0.5) is 0 Å². The van der Waals surface area contributed by atoms with E-state index in [1.807, 2.05) is 0 Å². The molecule has 2 N–H and O–H groups in total. The van der Waals surface area contributed by atoms with E-state index in [0.29, 0.717) is 12.1 Å². The Hall–Kier alpha value is -0.120. The predicted octanol–water partition coefficient (Wildman–Crippen LogP) is 1.47. The quantitative estimate of drug-likeness (QED) is 0.648. The molecule has 0 aliphatic heterocycles. The Kier molecular flexibility index (Phi) is 8.14. The molecule has 1 atom stereocenters. The molecule has 0 aliphatic rings. The minimum atomic E-state index is 0.585. The van der Waals surface area contributed by atoms with Crippen molar-refractivity contribution in [3.63, 3.8) is 0 Å². The van der Waals surface area contributed by atoms with Gasteiger partial charge in [-0.3, -0.25) is 4.90 Å². The second-order valence-corrected chi connectivity index (χ2v) is 4.10. The van der Waals surface area contributed by atoms with Crippen molar-refractivity contribution in [1.29, 1.82) is 0 Å². The molecule has 0 aliphatic carbocycles. The average molecular weight is 202 g/mol. The summed E-state index contributed by atoms with van der Waals surface area (Å²) in [4.78, 5) is 2.49. The largest absolute Gasteiger partial charge is 0.385 e. The highest BCUT2D eigenvalue weighted by molar-refractivity contribution is 4.70. The Balaban J connectivity index is 3.91. The fraction of sp³-hybridized carbons (Fsp3) is 1.00. The summed E-state index contributed by atoms with van der Waals surface area (Å²) in [5, 5.41) is 0. The molecule has 0 saturated heterocycles. The van der Waals surface area contributed by atoms with Crippen molar-refractivity contribution in [3.05, 3.63) is 0 Å². The van der Waals surface area contributed by atoms with Gasteiger partial charge in [0.15, 0.2) is 0 Å². The maximum Gasteiger partial charge on any atom is 0.0477 e. The van der Waals surface area contributed by atoms with Crippen LogP contribution in [0, 0.1) is 0 Å². The summed E-state index contributed by atoms with van der Waals surface area (Å²) in [5.74, 6) is 0. The van der Waals surface area contributed by atoms with Crippen LogP contribution in [0.1, 0.15) is 33.6 Å². The molecular weight excluding hydrogens is 176 g/mol. The lowest BCUT2D eigenvalue weighted by molar-refractivity contribution is 0.116. The van der Waals surface area contributed by atoms with Crippen LogP contribution in [-0.2, 0) is 4.74 Å². The van der Waals surface area contributed by atoms with Crippen molar-refractivity contribution >= 4 is 0 Å². The van der Waals surface area contributed by atoms with Gasteiger partial charge in [0.25, 0.3) is 0 Å². The second-order valence-electron chi connectivity index (χ2n) is 4.10. The topological polar surface area (TPSA) is 38.5 Å². The van der Waals surface area contributed by atoms with Gasteiger partial charge >= 0.3 is 0 Å². The summed E-state index contributed by atoms with van der Waals surface area (Å²) in [5.41, 5.74) is 5.53. The summed E-state index contributed by atoms with van der Waals surface area (Å²) in [6.45, 7) is 9.45. The zero-order valence-electron chi connectivity index (χ0n) is 10.1. The maximum absolute atomic E-state index is 5.53. The number of hydrogen-bond acceptors (Lipinski definition) is 3. The van der Waals surface area contributed by atoms with Gasteiger partial charge in [-0.15, -0.1) is 0 Å². The highest BCUT2D eigenvalue weighted by Crippen LogP contribution is 2.09. The Morgan fingerprint density at radius 1 is 1.29 bits per heavy atom. The summed E-state index contributed by atoms with van der Waals surface area (Å²) in [6, 6.07) is 1.18. The van der Waals surface area contributed by atoms with Gasteiger partial charge in [0.1, 0.15) is 0 Å². The van der Waals surface area contributed by atoms with Gasteiger partial charge in [0, 0.05) is 25.8 Å². The van der Waals surface area contributed by atoms with Crippen molar-refractivity contribution in [2.45, 2.75) is 45.7 Å². The lowest BCUT2D eigenvalue weighted by atomic mass is 10.1. The molecule has 0 heterocycles. The Labute approximate surface area is 88.6 Å². The molecule has 0 fully saturated rings. The van der Waals surface area contributed by atoms with Crippen molar-refractivity contribution in [2.75, 3.05) is 26.8 Å². The average Bonchev–Trinajstić information content (AvgIpc) is 2.14. The van der Waals surface area contributed by atoms with Crippen molar-refractivity contribution in [1.82, 2.24) is 4.90 Å².